The van der Waals surface area contributed by atoms with Crippen LogP contribution in [0.4, 0.5) is 11.4 Å². The second-order valence-corrected chi connectivity index (χ2v) is 15.2. The molecule has 1 aliphatic carbocycles. The number of nitrogens with zero attached hydrogens (tertiary/aromatic N) is 1. The topological polar surface area (TPSA) is 170 Å². The van der Waals surface area contributed by atoms with Gasteiger partial charge in [-0.25, -0.2) is 13.2 Å². The highest BCUT2D eigenvalue weighted by atomic mass is 79.9. The maximum Gasteiger partial charge on any atom is 0.335 e. The molecule has 4 aromatic rings. The normalized spacial score (nSPS) is 16.0. The molecule has 0 bridgehead atoms. The summed E-state index contributed by atoms with van der Waals surface area (Å²) in [6, 6.07) is 24.3. The molecule has 0 spiro atoms. The Morgan fingerprint density at radius 3 is 1.98 bits per heavy atom. The second kappa shape index (κ2) is 16.4. The molecule has 0 unspecified atom stereocenters. The van der Waals surface area contributed by atoms with Crippen LogP contribution in [0.3, 0.4) is 0 Å². The number of anilines is 2. The molecule has 2 amide bonds. The van der Waals surface area contributed by atoms with Crippen molar-refractivity contribution in [2.24, 2.45) is 5.92 Å². The third kappa shape index (κ3) is 9.29. The molecule has 5 rings (SSSR count). The molecule has 1 saturated carbocycles. The van der Waals surface area contributed by atoms with Crippen molar-refractivity contribution < 1.29 is 37.8 Å². The van der Waals surface area contributed by atoms with Gasteiger partial charge in [0.05, 0.1) is 27.6 Å². The van der Waals surface area contributed by atoms with Crippen molar-refractivity contribution in [3.8, 4) is 0 Å². The van der Waals surface area contributed by atoms with E-state index in [1.165, 1.54) is 28.6 Å². The monoisotopic (exact) mass is 775 g/mol. The van der Waals surface area contributed by atoms with E-state index in [4.69, 9.17) is 5.11 Å². The average molecular weight is 777 g/mol. The maximum atomic E-state index is 13.7. The standard InChI is InChI=1S/C38H38BrN3O8S/c1-2-42(31-19-14-27(15-20-31)38(47)48)51(49,50)32-5-3-4-28(22-32)35(43)41-34-21-16-29(39)23-33(34)36(44)40-30-17-10-25(11-18-30)7-6-24-8-12-26(13-9-24)37(45)46/h3-5,8-13,16-18,21-23,27,31H,2,6-7,14-15,19-20H2,1H3,(H,40,44)(H,41,43)(H,45,46)(H,47,48)/t27-,31-. The number of rotatable bonds is 13. The largest absolute Gasteiger partial charge is 0.481 e. The summed E-state index contributed by atoms with van der Waals surface area (Å²) in [7, 11) is -3.99. The molecule has 13 heteroatoms. The molecule has 266 valence electrons. The summed E-state index contributed by atoms with van der Waals surface area (Å²) in [6.07, 6.45) is 3.11. The van der Waals surface area contributed by atoms with Gasteiger partial charge in [0.25, 0.3) is 11.8 Å². The fraction of sp³-hybridized carbons (Fsp3) is 0.263. The van der Waals surface area contributed by atoms with Crippen molar-refractivity contribution in [3.05, 3.63) is 123 Å². The van der Waals surface area contributed by atoms with Crippen LogP contribution in [0.2, 0.25) is 0 Å². The van der Waals surface area contributed by atoms with Gasteiger partial charge in [-0.1, -0.05) is 53.2 Å². The van der Waals surface area contributed by atoms with Gasteiger partial charge in [-0.15, -0.1) is 0 Å². The van der Waals surface area contributed by atoms with Crippen molar-refractivity contribution in [1.82, 2.24) is 4.31 Å². The Morgan fingerprint density at radius 2 is 1.39 bits per heavy atom. The van der Waals surface area contributed by atoms with Crippen LogP contribution >= 0.6 is 15.9 Å². The van der Waals surface area contributed by atoms with E-state index in [9.17, 15) is 32.7 Å². The molecule has 0 heterocycles. The molecule has 0 saturated heterocycles. The van der Waals surface area contributed by atoms with E-state index in [0.29, 0.717) is 42.3 Å². The number of carboxylic acid groups (broad SMARTS) is 2. The summed E-state index contributed by atoms with van der Waals surface area (Å²) in [5, 5.41) is 24.0. The molecule has 4 aromatic carbocycles. The summed E-state index contributed by atoms with van der Waals surface area (Å²) >= 11 is 3.39. The number of nitrogens with one attached hydrogen (secondary N) is 2. The Morgan fingerprint density at radius 1 is 0.765 bits per heavy atom. The molecule has 0 atom stereocenters. The first-order valence-electron chi connectivity index (χ1n) is 16.5. The lowest BCUT2D eigenvalue weighted by Crippen LogP contribution is -2.42. The minimum Gasteiger partial charge on any atom is -0.481 e. The number of sulfonamides is 1. The third-order valence-corrected chi connectivity index (χ3v) is 11.6. The van der Waals surface area contributed by atoms with Gasteiger partial charge in [-0.05, 0) is 110 Å². The van der Waals surface area contributed by atoms with Crippen LogP contribution in [0.1, 0.15) is 74.8 Å². The Labute approximate surface area is 304 Å². The molecular weight excluding hydrogens is 738 g/mol. The van der Waals surface area contributed by atoms with Gasteiger partial charge < -0.3 is 20.8 Å². The molecule has 0 aromatic heterocycles. The first kappa shape index (κ1) is 37.4. The van der Waals surface area contributed by atoms with E-state index in [0.717, 1.165) is 17.5 Å². The van der Waals surface area contributed by atoms with Crippen LogP contribution in [0, 0.1) is 5.92 Å². The molecule has 1 fully saturated rings. The lowest BCUT2D eigenvalue weighted by Gasteiger charge is -2.34. The van der Waals surface area contributed by atoms with Crippen LogP contribution < -0.4 is 10.6 Å². The number of hydrogen-bond donors (Lipinski definition) is 4. The van der Waals surface area contributed by atoms with Crippen molar-refractivity contribution in [2.45, 2.75) is 56.4 Å². The molecule has 4 N–H and O–H groups in total. The number of carbonyl (C=O) groups is 4. The molecule has 51 heavy (non-hydrogen) atoms. The minimum absolute atomic E-state index is 0.0503. The van der Waals surface area contributed by atoms with E-state index in [-0.39, 0.29) is 39.9 Å². The number of amides is 2. The van der Waals surface area contributed by atoms with Crippen LogP contribution in [0.15, 0.2) is 100 Å². The predicted molar refractivity (Wildman–Crippen MR) is 197 cm³/mol. The third-order valence-electron chi connectivity index (χ3n) is 9.06. The Hall–Kier alpha value is -4.85. The maximum absolute atomic E-state index is 13.7. The van der Waals surface area contributed by atoms with Gasteiger partial charge in [-0.3, -0.25) is 14.4 Å². The van der Waals surface area contributed by atoms with E-state index in [1.54, 1.807) is 61.5 Å². The number of aryl methyl sites for hydroxylation is 2. The Balaban J connectivity index is 1.25. The molecule has 0 aliphatic heterocycles. The number of benzene rings is 4. The first-order valence-corrected chi connectivity index (χ1v) is 18.8. The van der Waals surface area contributed by atoms with E-state index in [1.807, 2.05) is 12.1 Å². The zero-order chi connectivity index (χ0) is 36.7. The van der Waals surface area contributed by atoms with Crippen molar-refractivity contribution in [2.75, 3.05) is 17.2 Å². The molecule has 0 radical (unpaired) electrons. The van der Waals surface area contributed by atoms with E-state index >= 15 is 0 Å². The zero-order valence-corrected chi connectivity index (χ0v) is 30.2. The molecule has 11 nitrogen and oxygen atoms in total. The van der Waals surface area contributed by atoms with E-state index in [2.05, 4.69) is 26.6 Å². The Kier molecular flexibility index (Phi) is 12.1. The quantitative estimate of drug-likeness (QED) is 0.112. The smallest absolute Gasteiger partial charge is 0.335 e. The van der Waals surface area contributed by atoms with E-state index < -0.39 is 39.7 Å². The number of hydrogen-bond acceptors (Lipinski definition) is 6. The minimum atomic E-state index is -3.99. The average Bonchev–Trinajstić information content (AvgIpc) is 3.12. The highest BCUT2D eigenvalue weighted by Gasteiger charge is 2.35. The van der Waals surface area contributed by atoms with Crippen LogP contribution in [-0.2, 0) is 27.7 Å². The van der Waals surface area contributed by atoms with Crippen LogP contribution in [0.25, 0.3) is 0 Å². The van der Waals surface area contributed by atoms with Crippen molar-refractivity contribution in [3.63, 3.8) is 0 Å². The summed E-state index contributed by atoms with van der Waals surface area (Å²) in [4.78, 5) is 49.3. The van der Waals surface area contributed by atoms with Crippen LogP contribution in [-0.4, -0.2) is 59.3 Å². The molecular formula is C38H38BrN3O8S. The van der Waals surface area contributed by atoms with Crippen molar-refractivity contribution in [1.29, 1.82) is 0 Å². The summed E-state index contributed by atoms with van der Waals surface area (Å²) in [6.45, 7) is 1.93. The predicted octanol–water partition coefficient (Wildman–Crippen LogP) is 7.09. The lowest BCUT2D eigenvalue weighted by atomic mass is 9.86. The number of aliphatic carboxylic acids is 1. The summed E-state index contributed by atoms with van der Waals surface area (Å²) < 4.78 is 29.4. The summed E-state index contributed by atoms with van der Waals surface area (Å²) in [5.41, 5.74) is 3.32. The number of carboxylic acids is 2. The highest BCUT2D eigenvalue weighted by Crippen LogP contribution is 2.31. The zero-order valence-electron chi connectivity index (χ0n) is 27.8. The fourth-order valence-corrected chi connectivity index (χ4v) is 8.33. The molecule has 1 aliphatic rings. The highest BCUT2D eigenvalue weighted by molar-refractivity contribution is 9.10. The first-order chi connectivity index (χ1) is 24.3. The lowest BCUT2D eigenvalue weighted by molar-refractivity contribution is -0.143. The van der Waals surface area contributed by atoms with Gasteiger partial charge >= 0.3 is 11.9 Å². The fourth-order valence-electron chi connectivity index (χ4n) is 6.23. The van der Waals surface area contributed by atoms with Gasteiger partial charge in [0.2, 0.25) is 10.0 Å². The Bertz CT molecular complexity index is 2030. The van der Waals surface area contributed by atoms with Crippen LogP contribution in [0.5, 0.6) is 0 Å². The number of halogens is 1. The van der Waals surface area contributed by atoms with Gasteiger partial charge in [0.15, 0.2) is 0 Å². The van der Waals surface area contributed by atoms with Gasteiger partial charge in [-0.2, -0.15) is 4.31 Å². The van der Waals surface area contributed by atoms with Crippen molar-refractivity contribution >= 4 is 61.1 Å². The number of aromatic carboxylic acids is 1. The number of carbonyl (C=O) groups excluding carboxylic acids is 2. The van der Waals surface area contributed by atoms with Gasteiger partial charge in [0, 0.05) is 28.3 Å². The van der Waals surface area contributed by atoms with Gasteiger partial charge in [0.1, 0.15) is 0 Å². The second-order valence-electron chi connectivity index (χ2n) is 12.4. The summed E-state index contributed by atoms with van der Waals surface area (Å²) in [5.74, 6) is -3.38. The SMILES string of the molecule is CCN([C@H]1CC[C@H](C(=O)O)CC1)S(=O)(=O)c1cccc(C(=O)Nc2ccc(Br)cc2C(=O)Nc2ccc(CCc3ccc(C(=O)O)cc3)cc2)c1.